The maximum Gasteiger partial charge on any atom is 0.124 e. The zero-order valence-corrected chi connectivity index (χ0v) is 16.8. The van der Waals surface area contributed by atoms with Crippen molar-refractivity contribution in [3.63, 3.8) is 0 Å². The predicted octanol–water partition coefficient (Wildman–Crippen LogP) is 3.20. The number of ether oxygens (including phenoxy) is 4. The zero-order chi connectivity index (χ0) is 19.4. The Bertz CT molecular complexity index is 612. The lowest BCUT2D eigenvalue weighted by atomic mass is 10.1. The topological polar surface area (TPSA) is 61.0 Å². The van der Waals surface area contributed by atoms with Crippen molar-refractivity contribution in [3.05, 3.63) is 23.2 Å². The average molecular weight is 417 g/mol. The Morgan fingerprint density at radius 1 is 0.889 bits per heavy atom. The molecule has 27 heavy (non-hydrogen) atoms. The summed E-state index contributed by atoms with van der Waals surface area (Å²) < 4.78 is 21.5. The van der Waals surface area contributed by atoms with E-state index >= 15 is 0 Å². The normalized spacial score (nSPS) is 17.8. The van der Waals surface area contributed by atoms with Gasteiger partial charge >= 0.3 is 0 Å². The van der Waals surface area contributed by atoms with Crippen LogP contribution < -0.4 is 10.6 Å². The van der Waals surface area contributed by atoms with Gasteiger partial charge in [-0.1, -0.05) is 17.5 Å². The van der Waals surface area contributed by atoms with Crippen LogP contribution in [0.4, 0.5) is 11.4 Å². The second-order valence-corrected chi connectivity index (χ2v) is 6.70. The Hall–Kier alpha value is -1.20. The van der Waals surface area contributed by atoms with Crippen LogP contribution >= 0.6 is 23.2 Å². The van der Waals surface area contributed by atoms with Crippen molar-refractivity contribution in [2.24, 2.45) is 0 Å². The first-order valence-corrected chi connectivity index (χ1v) is 9.77. The monoisotopic (exact) mass is 416 g/mol. The third kappa shape index (κ3) is 7.74. The quantitative estimate of drug-likeness (QED) is 0.276. The van der Waals surface area contributed by atoms with Gasteiger partial charge in [-0.3, -0.25) is 0 Å². The first-order valence-electron chi connectivity index (χ1n) is 8.85. The summed E-state index contributed by atoms with van der Waals surface area (Å²) in [6.07, 6.45) is 5.78. The molecule has 1 aliphatic heterocycles. The van der Waals surface area contributed by atoms with E-state index in [-0.39, 0.29) is 0 Å². The van der Waals surface area contributed by atoms with E-state index in [1.807, 2.05) is 18.2 Å². The highest BCUT2D eigenvalue weighted by atomic mass is 35.5. The minimum Gasteiger partial charge on any atom is -0.379 e. The first kappa shape index (κ1) is 22.1. The Morgan fingerprint density at radius 2 is 1.48 bits per heavy atom. The second-order valence-electron chi connectivity index (χ2n) is 6.00. The molecule has 0 spiro atoms. The molecule has 150 valence electrons. The molecule has 2 N–H and O–H groups in total. The molecule has 8 heteroatoms. The van der Waals surface area contributed by atoms with Gasteiger partial charge in [0.05, 0.1) is 63.5 Å². The molecule has 1 aromatic carbocycles. The lowest BCUT2D eigenvalue weighted by molar-refractivity contribution is 0.000240. The fourth-order valence-electron chi connectivity index (χ4n) is 2.57. The molecule has 1 atom stereocenters. The van der Waals surface area contributed by atoms with Crippen LogP contribution in [0.15, 0.2) is 18.2 Å². The molecule has 0 amide bonds. The molecule has 0 aliphatic carbocycles. The SMILES string of the molecule is C#CCOCCOCCOCCOCCC1(CCl)Nc2ccc(Cl)cc2N1. The molecule has 0 fully saturated rings. The van der Waals surface area contributed by atoms with Gasteiger partial charge in [-0.2, -0.15) is 0 Å². The minimum absolute atomic E-state index is 0.313. The van der Waals surface area contributed by atoms with Gasteiger partial charge in [0.1, 0.15) is 12.3 Å². The summed E-state index contributed by atoms with van der Waals surface area (Å²) in [6.45, 7) is 3.94. The Kier molecular flexibility index (Phi) is 10.1. The van der Waals surface area contributed by atoms with Gasteiger partial charge in [-0.15, -0.1) is 18.0 Å². The highest BCUT2D eigenvalue weighted by molar-refractivity contribution is 6.31. The largest absolute Gasteiger partial charge is 0.379 e. The van der Waals surface area contributed by atoms with Crippen LogP contribution in [0.1, 0.15) is 6.42 Å². The lowest BCUT2D eigenvalue weighted by Gasteiger charge is -2.28. The molecule has 0 saturated heterocycles. The average Bonchev–Trinajstić information content (AvgIpc) is 3.03. The van der Waals surface area contributed by atoms with Gasteiger partial charge in [-0.25, -0.2) is 0 Å². The third-order valence-electron chi connectivity index (χ3n) is 3.93. The van der Waals surface area contributed by atoms with Crippen molar-refractivity contribution in [2.75, 3.05) is 69.4 Å². The molecular formula is C19H26Cl2N2O4. The molecule has 0 saturated carbocycles. The number of terminal acetylenes is 1. The number of rotatable bonds is 14. The molecule has 1 heterocycles. The zero-order valence-electron chi connectivity index (χ0n) is 15.3. The molecule has 1 aliphatic rings. The molecule has 2 rings (SSSR count). The maximum atomic E-state index is 6.17. The fraction of sp³-hybridized carbons (Fsp3) is 0.579. The van der Waals surface area contributed by atoms with E-state index in [0.717, 1.165) is 11.4 Å². The van der Waals surface area contributed by atoms with Crippen molar-refractivity contribution < 1.29 is 18.9 Å². The van der Waals surface area contributed by atoms with Gasteiger partial charge in [0.25, 0.3) is 0 Å². The van der Waals surface area contributed by atoms with Crippen molar-refractivity contribution in [2.45, 2.75) is 12.1 Å². The molecule has 0 radical (unpaired) electrons. The van der Waals surface area contributed by atoms with Crippen molar-refractivity contribution >= 4 is 34.6 Å². The molecule has 1 unspecified atom stereocenters. The standard InChI is InChI=1S/C19H26Cl2N2O4/c1-2-6-24-8-10-26-12-13-27-11-9-25-7-5-19(15-20)22-17-4-3-16(21)14-18(17)23-19/h1,3-4,14,22-23H,5-13,15H2. The number of nitrogens with one attached hydrogen (secondary N) is 2. The van der Waals surface area contributed by atoms with Crippen LogP contribution in [0, 0.1) is 12.3 Å². The van der Waals surface area contributed by atoms with E-state index < -0.39 is 5.66 Å². The van der Waals surface area contributed by atoms with E-state index in [1.165, 1.54) is 0 Å². The third-order valence-corrected chi connectivity index (χ3v) is 4.62. The number of fused-ring (bicyclic) bond motifs is 1. The van der Waals surface area contributed by atoms with Crippen LogP contribution in [-0.2, 0) is 18.9 Å². The molecule has 1 aromatic rings. The van der Waals surface area contributed by atoms with Gasteiger partial charge in [0.2, 0.25) is 0 Å². The summed E-state index contributed by atoms with van der Waals surface area (Å²) in [5.41, 5.74) is 1.52. The number of anilines is 2. The van der Waals surface area contributed by atoms with E-state index in [9.17, 15) is 0 Å². The Morgan fingerprint density at radius 3 is 2.11 bits per heavy atom. The summed E-state index contributed by atoms with van der Waals surface area (Å²) in [7, 11) is 0. The number of hydrogen-bond donors (Lipinski definition) is 2. The summed E-state index contributed by atoms with van der Waals surface area (Å²) >= 11 is 12.2. The summed E-state index contributed by atoms with van der Waals surface area (Å²) in [4.78, 5) is 0. The van der Waals surface area contributed by atoms with Crippen molar-refractivity contribution in [1.29, 1.82) is 0 Å². The van der Waals surface area contributed by atoms with E-state index in [4.69, 9.17) is 48.6 Å². The number of halogens is 2. The highest BCUT2D eigenvalue weighted by Gasteiger charge is 2.35. The van der Waals surface area contributed by atoms with Gasteiger partial charge in [0, 0.05) is 11.4 Å². The van der Waals surface area contributed by atoms with Crippen LogP contribution in [0.5, 0.6) is 0 Å². The van der Waals surface area contributed by atoms with E-state index in [0.29, 0.717) is 70.2 Å². The lowest BCUT2D eigenvalue weighted by Crippen LogP contribution is -2.45. The highest BCUT2D eigenvalue weighted by Crippen LogP contribution is 2.37. The van der Waals surface area contributed by atoms with Crippen LogP contribution in [0.3, 0.4) is 0 Å². The number of benzene rings is 1. The van der Waals surface area contributed by atoms with Crippen LogP contribution in [0.2, 0.25) is 5.02 Å². The summed E-state index contributed by atoms with van der Waals surface area (Å²) in [5.74, 6) is 2.80. The van der Waals surface area contributed by atoms with Crippen molar-refractivity contribution in [1.82, 2.24) is 0 Å². The predicted molar refractivity (Wildman–Crippen MR) is 109 cm³/mol. The Balaban J connectivity index is 1.49. The molecule has 0 aromatic heterocycles. The van der Waals surface area contributed by atoms with Crippen LogP contribution in [-0.4, -0.2) is 64.4 Å². The molecule has 0 bridgehead atoms. The van der Waals surface area contributed by atoms with Crippen LogP contribution in [0.25, 0.3) is 0 Å². The van der Waals surface area contributed by atoms with E-state index in [1.54, 1.807) is 0 Å². The minimum atomic E-state index is -0.426. The molecule has 6 nitrogen and oxygen atoms in total. The fourth-order valence-corrected chi connectivity index (χ4v) is 3.01. The second kappa shape index (κ2) is 12.3. The van der Waals surface area contributed by atoms with Gasteiger partial charge in [-0.05, 0) is 18.2 Å². The molecular weight excluding hydrogens is 391 g/mol. The summed E-state index contributed by atoms with van der Waals surface area (Å²) in [5, 5.41) is 7.51. The first-order chi connectivity index (χ1) is 13.2. The Labute approximate surface area is 170 Å². The van der Waals surface area contributed by atoms with Gasteiger partial charge in [0.15, 0.2) is 0 Å². The smallest absolute Gasteiger partial charge is 0.124 e. The van der Waals surface area contributed by atoms with Gasteiger partial charge < -0.3 is 29.6 Å². The van der Waals surface area contributed by atoms with E-state index in [2.05, 4.69) is 16.6 Å². The number of hydrogen-bond acceptors (Lipinski definition) is 6. The number of alkyl halides is 1. The maximum absolute atomic E-state index is 6.17. The van der Waals surface area contributed by atoms with Crippen molar-refractivity contribution in [3.8, 4) is 12.3 Å². The summed E-state index contributed by atoms with van der Waals surface area (Å²) in [6, 6.07) is 5.68.